The highest BCUT2D eigenvalue weighted by atomic mass is 16.6. The lowest BCUT2D eigenvalue weighted by Crippen LogP contribution is -2.50. The van der Waals surface area contributed by atoms with Gasteiger partial charge in [0, 0.05) is 49.2 Å². The predicted octanol–water partition coefficient (Wildman–Crippen LogP) is 4.44. The number of nitrogens with zero attached hydrogens (tertiary/aromatic N) is 4. The minimum absolute atomic E-state index is 0.232. The maximum Gasteiger partial charge on any atom is 0.407 e. The summed E-state index contributed by atoms with van der Waals surface area (Å²) in [5.74, 6) is -0.192. The number of hydrogen-bond acceptors (Lipinski definition) is 5. The zero-order chi connectivity index (χ0) is 28.8. The molecule has 0 radical (unpaired) electrons. The number of nitrogens with two attached hydrogens (primary N) is 1. The molecule has 3 N–H and O–H groups in total. The molecule has 1 atom stereocenters. The van der Waals surface area contributed by atoms with Crippen LogP contribution in [-0.4, -0.2) is 61.7 Å². The molecule has 1 aliphatic heterocycles. The number of primary amides is 1. The molecule has 0 spiro atoms. The van der Waals surface area contributed by atoms with Gasteiger partial charge >= 0.3 is 6.09 Å². The molecule has 40 heavy (non-hydrogen) atoms. The Morgan fingerprint density at radius 1 is 1.15 bits per heavy atom. The molecule has 0 aliphatic carbocycles. The number of carbonyl (C=O) groups excluding carboxylic acids is 3. The van der Waals surface area contributed by atoms with Crippen molar-refractivity contribution < 1.29 is 19.1 Å². The van der Waals surface area contributed by atoms with Crippen molar-refractivity contribution in [2.75, 3.05) is 13.1 Å². The number of hydrogen-bond donors (Lipinski definition) is 2. The Labute approximate surface area is 233 Å². The third-order valence-corrected chi connectivity index (χ3v) is 7.27. The number of aromatic nitrogens is 3. The summed E-state index contributed by atoms with van der Waals surface area (Å²) in [5.41, 5.74) is 8.89. The molecule has 5 rings (SSSR count). The van der Waals surface area contributed by atoms with Gasteiger partial charge in [0.05, 0.1) is 22.3 Å². The molecule has 1 unspecified atom stereocenters. The summed E-state index contributed by atoms with van der Waals surface area (Å²) < 4.78 is 9.43. The van der Waals surface area contributed by atoms with E-state index in [4.69, 9.17) is 15.5 Å². The fraction of sp³-hybridized carbons (Fsp3) is 0.400. The number of rotatable bonds is 5. The predicted molar refractivity (Wildman–Crippen MR) is 154 cm³/mol. The van der Waals surface area contributed by atoms with E-state index >= 15 is 0 Å². The number of benzene rings is 2. The van der Waals surface area contributed by atoms with Crippen LogP contribution >= 0.6 is 0 Å². The summed E-state index contributed by atoms with van der Waals surface area (Å²) in [4.78, 5) is 45.1. The number of aryl methyl sites for hydroxylation is 2. The molecule has 3 amide bonds. The van der Waals surface area contributed by atoms with E-state index in [-0.39, 0.29) is 17.5 Å². The molecule has 0 bridgehead atoms. The van der Waals surface area contributed by atoms with Crippen molar-refractivity contribution in [3.63, 3.8) is 0 Å². The Morgan fingerprint density at radius 2 is 1.90 bits per heavy atom. The second kappa shape index (κ2) is 10.3. The SMILES string of the molecule is CCn1c(-c2nc3cc(C(=O)N4CCCC(NC(=O)OC(C)(C)C)C4)cc(C(N)=O)c3n2C)cc2ccccc21. The van der Waals surface area contributed by atoms with Crippen LogP contribution in [-0.2, 0) is 18.3 Å². The van der Waals surface area contributed by atoms with E-state index < -0.39 is 17.6 Å². The quantitative estimate of drug-likeness (QED) is 0.384. The van der Waals surface area contributed by atoms with Gasteiger partial charge in [0.25, 0.3) is 11.8 Å². The number of amides is 3. The van der Waals surface area contributed by atoms with Crippen LogP contribution in [0.3, 0.4) is 0 Å². The van der Waals surface area contributed by atoms with Gasteiger partial charge in [-0.05, 0) is 64.8 Å². The summed E-state index contributed by atoms with van der Waals surface area (Å²) in [5, 5.41) is 3.97. The summed E-state index contributed by atoms with van der Waals surface area (Å²) in [7, 11) is 1.85. The maximum atomic E-state index is 13.6. The van der Waals surface area contributed by atoms with E-state index in [0.717, 1.165) is 36.0 Å². The van der Waals surface area contributed by atoms with E-state index in [2.05, 4.69) is 35.0 Å². The van der Waals surface area contributed by atoms with E-state index in [1.807, 2.05) is 23.7 Å². The molecule has 1 fully saturated rings. The number of para-hydroxylation sites is 1. The number of nitrogens with one attached hydrogen (secondary N) is 1. The molecule has 1 aliphatic rings. The topological polar surface area (TPSA) is 124 Å². The van der Waals surface area contributed by atoms with Gasteiger partial charge in [-0.1, -0.05) is 18.2 Å². The zero-order valence-electron chi connectivity index (χ0n) is 23.7. The molecule has 10 heteroatoms. The third kappa shape index (κ3) is 5.13. The van der Waals surface area contributed by atoms with Crippen molar-refractivity contribution in [3.05, 3.63) is 53.6 Å². The first kappa shape index (κ1) is 27.2. The van der Waals surface area contributed by atoms with Gasteiger partial charge in [-0.2, -0.15) is 0 Å². The second-order valence-corrected chi connectivity index (χ2v) is 11.3. The minimum Gasteiger partial charge on any atom is -0.444 e. The number of alkyl carbamates (subject to hydrolysis) is 1. The van der Waals surface area contributed by atoms with Gasteiger partial charge < -0.3 is 29.8 Å². The van der Waals surface area contributed by atoms with Crippen molar-refractivity contribution in [2.24, 2.45) is 12.8 Å². The largest absolute Gasteiger partial charge is 0.444 e. The number of imidazole rings is 1. The van der Waals surface area contributed by atoms with Gasteiger partial charge in [-0.25, -0.2) is 9.78 Å². The smallest absolute Gasteiger partial charge is 0.407 e. The zero-order valence-corrected chi connectivity index (χ0v) is 23.7. The summed E-state index contributed by atoms with van der Waals surface area (Å²) in [6, 6.07) is 13.3. The van der Waals surface area contributed by atoms with Crippen LogP contribution in [0.2, 0.25) is 0 Å². The number of likely N-dealkylation sites (tertiary alicyclic amines) is 1. The molecular formula is C30H36N6O4. The lowest BCUT2D eigenvalue weighted by atomic mass is 10.0. The van der Waals surface area contributed by atoms with Crippen molar-refractivity contribution in [2.45, 2.75) is 58.7 Å². The number of piperidine rings is 1. The van der Waals surface area contributed by atoms with Crippen LogP contribution in [0.4, 0.5) is 4.79 Å². The van der Waals surface area contributed by atoms with Gasteiger partial charge in [-0.15, -0.1) is 0 Å². The average molecular weight is 545 g/mol. The summed E-state index contributed by atoms with van der Waals surface area (Å²) in [6.07, 6.45) is 0.963. The Kier molecular flexibility index (Phi) is 7.03. The second-order valence-electron chi connectivity index (χ2n) is 11.3. The number of carbonyl (C=O) groups is 3. The van der Waals surface area contributed by atoms with Crippen LogP contribution < -0.4 is 11.1 Å². The molecular weight excluding hydrogens is 508 g/mol. The van der Waals surface area contributed by atoms with Gasteiger partial charge in [0.1, 0.15) is 5.60 Å². The molecule has 210 valence electrons. The minimum atomic E-state index is -0.631. The highest BCUT2D eigenvalue weighted by Crippen LogP contribution is 2.32. The van der Waals surface area contributed by atoms with Crippen LogP contribution in [0.1, 0.15) is 61.3 Å². The Balaban J connectivity index is 1.49. The highest BCUT2D eigenvalue weighted by Gasteiger charge is 2.29. The monoisotopic (exact) mass is 544 g/mol. The standard InChI is InChI=1S/C30H36N6O4/c1-6-36-23-12-8-7-10-18(23)16-24(36)27-33-22-15-19(14-21(26(31)37)25(22)34(27)5)28(38)35-13-9-11-20(17-35)32-29(39)40-30(2,3)4/h7-8,10,12,14-16,20H,6,9,11,13,17H2,1-5H3,(H2,31,37)(H,32,39). The fourth-order valence-electron chi connectivity index (χ4n) is 5.56. The van der Waals surface area contributed by atoms with E-state index in [0.29, 0.717) is 35.5 Å². The van der Waals surface area contributed by atoms with E-state index in [1.54, 1.807) is 37.8 Å². The molecule has 10 nitrogen and oxygen atoms in total. The third-order valence-electron chi connectivity index (χ3n) is 7.27. The Hall–Kier alpha value is -4.34. The molecule has 4 aromatic rings. The normalized spacial score (nSPS) is 15.9. The summed E-state index contributed by atoms with van der Waals surface area (Å²) in [6.45, 7) is 9.12. The van der Waals surface area contributed by atoms with E-state index in [1.165, 1.54) is 0 Å². The van der Waals surface area contributed by atoms with Crippen LogP contribution in [0.25, 0.3) is 33.5 Å². The summed E-state index contributed by atoms with van der Waals surface area (Å²) >= 11 is 0. The average Bonchev–Trinajstić information content (AvgIpc) is 3.43. The van der Waals surface area contributed by atoms with Gasteiger partial charge in [-0.3, -0.25) is 9.59 Å². The first-order valence-electron chi connectivity index (χ1n) is 13.6. The van der Waals surface area contributed by atoms with Crippen molar-refractivity contribution in [1.82, 2.24) is 24.3 Å². The number of ether oxygens (including phenoxy) is 1. The van der Waals surface area contributed by atoms with Crippen LogP contribution in [0, 0.1) is 0 Å². The van der Waals surface area contributed by atoms with Crippen molar-refractivity contribution in [1.29, 1.82) is 0 Å². The molecule has 2 aromatic heterocycles. The van der Waals surface area contributed by atoms with Gasteiger partial charge in [0.2, 0.25) is 0 Å². The van der Waals surface area contributed by atoms with E-state index in [9.17, 15) is 14.4 Å². The lowest BCUT2D eigenvalue weighted by molar-refractivity contribution is 0.0452. The molecule has 0 saturated carbocycles. The molecule has 1 saturated heterocycles. The number of fused-ring (bicyclic) bond motifs is 2. The molecule has 2 aromatic carbocycles. The van der Waals surface area contributed by atoms with Crippen molar-refractivity contribution in [3.8, 4) is 11.5 Å². The van der Waals surface area contributed by atoms with Crippen LogP contribution in [0.15, 0.2) is 42.5 Å². The Morgan fingerprint density at radius 3 is 2.60 bits per heavy atom. The van der Waals surface area contributed by atoms with Gasteiger partial charge in [0.15, 0.2) is 5.82 Å². The lowest BCUT2D eigenvalue weighted by Gasteiger charge is -2.33. The van der Waals surface area contributed by atoms with Crippen LogP contribution in [0.5, 0.6) is 0 Å². The first-order valence-corrected chi connectivity index (χ1v) is 13.6. The Bertz CT molecular complexity index is 1630. The molecule has 3 heterocycles. The maximum absolute atomic E-state index is 13.6. The first-order chi connectivity index (χ1) is 19.0. The fourth-order valence-corrected chi connectivity index (χ4v) is 5.56. The van der Waals surface area contributed by atoms with Crippen molar-refractivity contribution >= 4 is 39.8 Å². The highest BCUT2D eigenvalue weighted by molar-refractivity contribution is 6.09.